The fourth-order valence-corrected chi connectivity index (χ4v) is 4.52. The lowest BCUT2D eigenvalue weighted by atomic mass is 10.1. The second kappa shape index (κ2) is 10.2. The highest BCUT2D eigenvalue weighted by Crippen LogP contribution is 2.36. The molecule has 2 aromatic heterocycles. The summed E-state index contributed by atoms with van der Waals surface area (Å²) in [7, 11) is 2.10. The van der Waals surface area contributed by atoms with Gasteiger partial charge in [0.25, 0.3) is 0 Å². The van der Waals surface area contributed by atoms with Crippen LogP contribution in [0.4, 0.5) is 30.4 Å². The van der Waals surface area contributed by atoms with Gasteiger partial charge in [0.15, 0.2) is 0 Å². The third-order valence-electron chi connectivity index (χ3n) is 6.54. The van der Waals surface area contributed by atoms with Crippen molar-refractivity contribution in [1.29, 1.82) is 0 Å². The number of likely N-dealkylation sites (tertiary alicyclic amines) is 2. The van der Waals surface area contributed by atoms with Crippen LogP contribution in [-0.2, 0) is 11.0 Å². The molecule has 186 valence electrons. The summed E-state index contributed by atoms with van der Waals surface area (Å²) in [4.78, 5) is 19.8. The molecule has 0 spiro atoms. The fourth-order valence-electron chi connectivity index (χ4n) is 4.52. The van der Waals surface area contributed by atoms with Gasteiger partial charge in [-0.25, -0.2) is 4.98 Å². The summed E-state index contributed by atoms with van der Waals surface area (Å²) in [6.45, 7) is 5.47. The quantitative estimate of drug-likeness (QED) is 0.557. The minimum absolute atomic E-state index is 0.0295. The molecule has 0 aromatic carbocycles. The standard InChI is InChI=1S/C23H32F3N7O/c1-16-20(15-33(30-16)17-6-11-31(2)12-7-17)29-21-13-19(18(14-28-21)23(24,25)26)27-8-4-10-32-9-3-5-22(32)34/h13-15,17H,3-12H2,1-2H3,(H2,27,28,29). The molecule has 0 bridgehead atoms. The molecule has 2 fully saturated rings. The van der Waals surface area contributed by atoms with E-state index >= 15 is 0 Å². The van der Waals surface area contributed by atoms with Crippen LogP contribution in [0.25, 0.3) is 0 Å². The summed E-state index contributed by atoms with van der Waals surface area (Å²) in [5.74, 6) is 0.429. The van der Waals surface area contributed by atoms with Gasteiger partial charge in [-0.2, -0.15) is 18.3 Å². The number of hydrogen-bond donors (Lipinski definition) is 2. The van der Waals surface area contributed by atoms with E-state index in [1.165, 1.54) is 6.07 Å². The Morgan fingerprint density at radius 2 is 1.94 bits per heavy atom. The molecule has 0 unspecified atom stereocenters. The number of carbonyl (C=O) groups is 1. The molecule has 4 heterocycles. The molecule has 11 heteroatoms. The van der Waals surface area contributed by atoms with Gasteiger partial charge in [-0.05, 0) is 52.7 Å². The molecule has 2 aliphatic rings. The summed E-state index contributed by atoms with van der Waals surface area (Å²) in [6.07, 6.45) is 2.22. The highest BCUT2D eigenvalue weighted by Gasteiger charge is 2.34. The lowest BCUT2D eigenvalue weighted by molar-refractivity contribution is -0.137. The number of carbonyl (C=O) groups excluding carboxylic acids is 1. The molecular formula is C23H32F3N7O. The van der Waals surface area contributed by atoms with E-state index in [0.29, 0.717) is 37.8 Å². The molecule has 2 aliphatic heterocycles. The minimum Gasteiger partial charge on any atom is -0.384 e. The summed E-state index contributed by atoms with van der Waals surface area (Å²) in [6, 6.07) is 1.70. The van der Waals surface area contributed by atoms with Crippen molar-refractivity contribution >= 4 is 23.1 Å². The number of aryl methyl sites for hydroxylation is 1. The topological polar surface area (TPSA) is 78.3 Å². The number of halogens is 3. The minimum atomic E-state index is -4.52. The van der Waals surface area contributed by atoms with Gasteiger partial charge < -0.3 is 20.4 Å². The van der Waals surface area contributed by atoms with Gasteiger partial charge in [-0.1, -0.05) is 0 Å². The van der Waals surface area contributed by atoms with E-state index in [-0.39, 0.29) is 11.6 Å². The van der Waals surface area contributed by atoms with Crippen LogP contribution in [0.2, 0.25) is 0 Å². The van der Waals surface area contributed by atoms with Crippen molar-refractivity contribution in [2.45, 2.75) is 51.2 Å². The Balaban J connectivity index is 1.43. The third kappa shape index (κ3) is 5.81. The Hall–Kier alpha value is -2.82. The predicted octanol–water partition coefficient (Wildman–Crippen LogP) is 4.04. The van der Waals surface area contributed by atoms with Crippen LogP contribution < -0.4 is 10.6 Å². The molecule has 2 N–H and O–H groups in total. The van der Waals surface area contributed by atoms with Crippen LogP contribution in [0.15, 0.2) is 18.5 Å². The van der Waals surface area contributed by atoms with Crippen LogP contribution in [0, 0.1) is 6.92 Å². The van der Waals surface area contributed by atoms with Gasteiger partial charge in [-0.15, -0.1) is 0 Å². The van der Waals surface area contributed by atoms with Crippen molar-refractivity contribution in [2.75, 3.05) is 50.4 Å². The molecule has 2 saturated heterocycles. The summed E-state index contributed by atoms with van der Waals surface area (Å²) < 4.78 is 42.6. The average molecular weight is 480 g/mol. The molecule has 2 aromatic rings. The number of amides is 1. The number of pyridine rings is 1. The lowest BCUT2D eigenvalue weighted by Crippen LogP contribution is -2.31. The smallest absolute Gasteiger partial charge is 0.384 e. The Kier molecular flexibility index (Phi) is 7.30. The van der Waals surface area contributed by atoms with Crippen LogP contribution in [0.3, 0.4) is 0 Å². The predicted molar refractivity (Wildman–Crippen MR) is 124 cm³/mol. The van der Waals surface area contributed by atoms with Gasteiger partial charge in [0.1, 0.15) is 5.82 Å². The fraction of sp³-hybridized carbons (Fsp3) is 0.609. The third-order valence-corrected chi connectivity index (χ3v) is 6.54. The van der Waals surface area contributed by atoms with Crippen LogP contribution >= 0.6 is 0 Å². The highest BCUT2D eigenvalue weighted by molar-refractivity contribution is 5.78. The van der Waals surface area contributed by atoms with Gasteiger partial charge >= 0.3 is 6.18 Å². The Labute approximate surface area is 197 Å². The van der Waals surface area contributed by atoms with Crippen molar-refractivity contribution in [2.24, 2.45) is 0 Å². The maximum absolute atomic E-state index is 13.5. The number of alkyl halides is 3. The van der Waals surface area contributed by atoms with Crippen molar-refractivity contribution in [1.82, 2.24) is 24.6 Å². The lowest BCUT2D eigenvalue weighted by Gasteiger charge is -2.28. The van der Waals surface area contributed by atoms with E-state index in [2.05, 4.69) is 32.7 Å². The molecule has 0 saturated carbocycles. The summed E-state index contributed by atoms with van der Waals surface area (Å²) >= 11 is 0. The first-order valence-corrected chi connectivity index (χ1v) is 11.8. The molecule has 0 aliphatic carbocycles. The van der Waals surface area contributed by atoms with Crippen LogP contribution in [0.5, 0.6) is 0 Å². The van der Waals surface area contributed by atoms with Crippen molar-refractivity contribution in [3.05, 3.63) is 29.7 Å². The van der Waals surface area contributed by atoms with E-state index in [9.17, 15) is 18.0 Å². The Bertz CT molecular complexity index is 999. The number of piperidine rings is 1. The number of rotatable bonds is 8. The SMILES string of the molecule is Cc1nn(C2CCN(C)CC2)cc1Nc1cc(NCCCN2CCCC2=O)c(C(F)(F)F)cn1. The van der Waals surface area contributed by atoms with Crippen LogP contribution in [0.1, 0.15) is 49.4 Å². The summed E-state index contributed by atoms with van der Waals surface area (Å²) in [5, 5.41) is 10.7. The van der Waals surface area contributed by atoms with Gasteiger partial charge in [0.05, 0.1) is 28.7 Å². The van der Waals surface area contributed by atoms with Crippen LogP contribution in [-0.4, -0.2) is 70.2 Å². The number of aromatic nitrogens is 3. The molecule has 8 nitrogen and oxygen atoms in total. The second-order valence-electron chi connectivity index (χ2n) is 9.15. The molecule has 4 rings (SSSR count). The first kappa shape index (κ1) is 24.3. The van der Waals surface area contributed by atoms with E-state index in [0.717, 1.165) is 56.5 Å². The number of hydrogen-bond acceptors (Lipinski definition) is 6. The molecule has 0 atom stereocenters. The molecular weight excluding hydrogens is 447 g/mol. The number of anilines is 3. The molecule has 1 amide bonds. The van der Waals surface area contributed by atoms with E-state index in [1.54, 1.807) is 4.90 Å². The van der Waals surface area contributed by atoms with Gasteiger partial charge in [0, 0.05) is 44.5 Å². The maximum Gasteiger partial charge on any atom is 0.419 e. The first-order valence-electron chi connectivity index (χ1n) is 11.8. The highest BCUT2D eigenvalue weighted by atomic mass is 19.4. The average Bonchev–Trinajstić information content (AvgIpc) is 3.36. The summed E-state index contributed by atoms with van der Waals surface area (Å²) in [5.41, 5.74) is 0.655. The maximum atomic E-state index is 13.5. The normalized spacial score (nSPS) is 18.0. The van der Waals surface area contributed by atoms with E-state index < -0.39 is 11.7 Å². The zero-order chi connectivity index (χ0) is 24.3. The van der Waals surface area contributed by atoms with Gasteiger partial charge in [0.2, 0.25) is 5.91 Å². The van der Waals surface area contributed by atoms with Crippen molar-refractivity contribution in [3.8, 4) is 0 Å². The first-order chi connectivity index (χ1) is 16.2. The Morgan fingerprint density at radius 3 is 2.62 bits per heavy atom. The Morgan fingerprint density at radius 1 is 1.18 bits per heavy atom. The van der Waals surface area contributed by atoms with E-state index in [1.807, 2.05) is 17.8 Å². The van der Waals surface area contributed by atoms with E-state index in [4.69, 9.17) is 0 Å². The zero-order valence-electron chi connectivity index (χ0n) is 19.7. The second-order valence-corrected chi connectivity index (χ2v) is 9.15. The monoisotopic (exact) mass is 479 g/mol. The molecule has 0 radical (unpaired) electrons. The largest absolute Gasteiger partial charge is 0.419 e. The number of nitrogens with zero attached hydrogens (tertiary/aromatic N) is 5. The molecule has 34 heavy (non-hydrogen) atoms. The van der Waals surface area contributed by atoms with Crippen molar-refractivity contribution in [3.63, 3.8) is 0 Å². The zero-order valence-corrected chi connectivity index (χ0v) is 19.7. The number of nitrogens with one attached hydrogen (secondary N) is 2. The van der Waals surface area contributed by atoms with Gasteiger partial charge in [-0.3, -0.25) is 9.48 Å². The van der Waals surface area contributed by atoms with Crippen molar-refractivity contribution < 1.29 is 18.0 Å².